The smallest absolute Gasteiger partial charge is 0.251 e. The fourth-order valence-electron chi connectivity index (χ4n) is 2.26. The lowest BCUT2D eigenvalue weighted by molar-refractivity contribution is 0.0949. The van der Waals surface area contributed by atoms with Crippen molar-refractivity contribution in [2.75, 3.05) is 0 Å². The number of halogens is 3. The van der Waals surface area contributed by atoms with Gasteiger partial charge >= 0.3 is 0 Å². The number of benzene rings is 2. The monoisotopic (exact) mass is 424 g/mol. The molecule has 0 saturated carbocycles. The number of amides is 1. The van der Waals surface area contributed by atoms with E-state index < -0.39 is 0 Å². The molecule has 1 heterocycles. The summed E-state index contributed by atoms with van der Waals surface area (Å²) in [4.78, 5) is 12.1. The molecule has 27 heavy (non-hydrogen) atoms. The molecular weight excluding hydrogens is 410 g/mol. The average Bonchev–Trinajstić information content (AvgIpc) is 3.01. The van der Waals surface area contributed by atoms with Crippen LogP contribution in [0.4, 0.5) is 4.39 Å². The molecular formula is C18H15Cl2FN4OS. The molecule has 0 aliphatic carbocycles. The van der Waals surface area contributed by atoms with Crippen LogP contribution in [-0.2, 0) is 19.3 Å². The molecule has 9 heteroatoms. The first-order chi connectivity index (χ1) is 12.9. The summed E-state index contributed by atoms with van der Waals surface area (Å²) >= 11 is 13.4. The molecule has 0 atom stereocenters. The number of nitrogens with one attached hydrogen (secondary N) is 1. The van der Waals surface area contributed by atoms with Crippen LogP contribution in [0.25, 0.3) is 0 Å². The average molecular weight is 425 g/mol. The zero-order valence-electron chi connectivity index (χ0n) is 14.2. The van der Waals surface area contributed by atoms with Gasteiger partial charge in [0.1, 0.15) is 5.82 Å². The number of thioether (sulfide) groups is 1. The van der Waals surface area contributed by atoms with Gasteiger partial charge in [0.15, 0.2) is 11.0 Å². The summed E-state index contributed by atoms with van der Waals surface area (Å²) < 4.78 is 14.7. The third-order valence-corrected chi connectivity index (χ3v) is 5.62. The second-order valence-corrected chi connectivity index (χ2v) is 7.44. The Hall–Kier alpha value is -2.09. The van der Waals surface area contributed by atoms with Gasteiger partial charge in [-0.1, -0.05) is 41.0 Å². The minimum Gasteiger partial charge on any atom is -0.345 e. The zero-order chi connectivity index (χ0) is 19.4. The van der Waals surface area contributed by atoms with E-state index in [1.165, 1.54) is 36.0 Å². The van der Waals surface area contributed by atoms with Gasteiger partial charge in [-0.15, -0.1) is 10.2 Å². The number of carbonyl (C=O) groups is 1. The van der Waals surface area contributed by atoms with Gasteiger partial charge in [-0.3, -0.25) is 4.79 Å². The first-order valence-electron chi connectivity index (χ1n) is 7.93. The molecule has 0 fully saturated rings. The first kappa shape index (κ1) is 19.7. The van der Waals surface area contributed by atoms with Gasteiger partial charge in [-0.2, -0.15) is 0 Å². The maximum Gasteiger partial charge on any atom is 0.251 e. The van der Waals surface area contributed by atoms with Crippen LogP contribution >= 0.6 is 35.0 Å². The highest BCUT2D eigenvalue weighted by molar-refractivity contribution is 7.98. The Balaban J connectivity index is 1.58. The van der Waals surface area contributed by atoms with Crippen molar-refractivity contribution in [1.29, 1.82) is 0 Å². The van der Waals surface area contributed by atoms with Crippen molar-refractivity contribution in [3.05, 3.63) is 75.3 Å². The van der Waals surface area contributed by atoms with Crippen molar-refractivity contribution in [3.8, 4) is 0 Å². The van der Waals surface area contributed by atoms with Crippen molar-refractivity contribution < 1.29 is 9.18 Å². The summed E-state index contributed by atoms with van der Waals surface area (Å²) in [5, 5.41) is 12.8. The highest BCUT2D eigenvalue weighted by Crippen LogP contribution is 2.27. The number of rotatable bonds is 6. The predicted octanol–water partition coefficient (Wildman–Crippen LogP) is 4.48. The van der Waals surface area contributed by atoms with Gasteiger partial charge in [0.2, 0.25) is 0 Å². The second-order valence-electron chi connectivity index (χ2n) is 5.68. The Bertz CT molecular complexity index is 962. The fraction of sp³-hybridized carbons (Fsp3) is 0.167. The van der Waals surface area contributed by atoms with E-state index in [-0.39, 0.29) is 18.3 Å². The standard InChI is InChI=1S/C18H15Cl2FN4OS/c1-25-16(9-22-17(26)12-3-5-13(21)6-4-12)23-24-18(25)27-10-11-2-7-14(19)15(20)8-11/h2-8H,9-10H2,1H3,(H,22,26). The molecule has 1 aromatic heterocycles. The molecule has 0 spiro atoms. The fourth-order valence-corrected chi connectivity index (χ4v) is 3.46. The number of hydrogen-bond acceptors (Lipinski definition) is 4. The Morgan fingerprint density at radius 3 is 2.59 bits per heavy atom. The van der Waals surface area contributed by atoms with Gasteiger partial charge in [0.05, 0.1) is 16.6 Å². The molecule has 0 saturated heterocycles. The number of carbonyl (C=O) groups excluding carboxylic acids is 1. The van der Waals surface area contributed by atoms with Crippen LogP contribution in [0.15, 0.2) is 47.6 Å². The Kier molecular flexibility index (Phi) is 6.36. The van der Waals surface area contributed by atoms with E-state index in [2.05, 4.69) is 15.5 Å². The van der Waals surface area contributed by atoms with E-state index in [4.69, 9.17) is 23.2 Å². The Morgan fingerprint density at radius 2 is 1.89 bits per heavy atom. The van der Waals surface area contributed by atoms with Crippen LogP contribution in [0, 0.1) is 5.82 Å². The zero-order valence-corrected chi connectivity index (χ0v) is 16.6. The van der Waals surface area contributed by atoms with E-state index in [0.717, 1.165) is 5.56 Å². The van der Waals surface area contributed by atoms with Crippen molar-refractivity contribution >= 4 is 40.9 Å². The van der Waals surface area contributed by atoms with Crippen molar-refractivity contribution in [2.24, 2.45) is 7.05 Å². The summed E-state index contributed by atoms with van der Waals surface area (Å²) in [6.07, 6.45) is 0. The molecule has 140 valence electrons. The van der Waals surface area contributed by atoms with Crippen LogP contribution in [0.5, 0.6) is 0 Å². The first-order valence-corrected chi connectivity index (χ1v) is 9.67. The van der Waals surface area contributed by atoms with Crippen LogP contribution in [0.1, 0.15) is 21.7 Å². The van der Waals surface area contributed by atoms with Gasteiger partial charge in [-0.25, -0.2) is 4.39 Å². The quantitative estimate of drug-likeness (QED) is 0.592. The van der Waals surface area contributed by atoms with Gasteiger partial charge in [0, 0.05) is 18.4 Å². The Labute approximate surface area is 169 Å². The van der Waals surface area contributed by atoms with Gasteiger partial charge in [0.25, 0.3) is 5.91 Å². The summed E-state index contributed by atoms with van der Waals surface area (Å²) in [6, 6.07) is 10.8. The lowest BCUT2D eigenvalue weighted by Crippen LogP contribution is -2.24. The lowest BCUT2D eigenvalue weighted by Gasteiger charge is -2.06. The number of nitrogens with zero attached hydrogens (tertiary/aromatic N) is 3. The van der Waals surface area contributed by atoms with Gasteiger partial charge < -0.3 is 9.88 Å². The number of aromatic nitrogens is 3. The third kappa shape index (κ3) is 5.00. The normalized spacial score (nSPS) is 10.8. The summed E-state index contributed by atoms with van der Waals surface area (Å²) in [5.41, 5.74) is 1.40. The summed E-state index contributed by atoms with van der Waals surface area (Å²) in [7, 11) is 1.83. The molecule has 3 rings (SSSR count). The predicted molar refractivity (Wildman–Crippen MR) is 105 cm³/mol. The molecule has 3 aromatic rings. The molecule has 0 bridgehead atoms. The second kappa shape index (κ2) is 8.73. The minimum absolute atomic E-state index is 0.215. The van der Waals surface area contributed by atoms with E-state index in [0.29, 0.717) is 32.3 Å². The van der Waals surface area contributed by atoms with Crippen LogP contribution in [0.3, 0.4) is 0 Å². The highest BCUT2D eigenvalue weighted by atomic mass is 35.5. The van der Waals surface area contributed by atoms with Gasteiger partial charge in [-0.05, 0) is 42.0 Å². The summed E-state index contributed by atoms with van der Waals surface area (Å²) in [5.74, 6) is 0.582. The molecule has 0 aliphatic heterocycles. The third-order valence-electron chi connectivity index (χ3n) is 3.79. The lowest BCUT2D eigenvalue weighted by atomic mass is 10.2. The van der Waals surface area contributed by atoms with Crippen LogP contribution in [0.2, 0.25) is 10.0 Å². The van der Waals surface area contributed by atoms with Crippen LogP contribution in [-0.4, -0.2) is 20.7 Å². The molecule has 5 nitrogen and oxygen atoms in total. The highest BCUT2D eigenvalue weighted by Gasteiger charge is 2.12. The summed E-state index contributed by atoms with van der Waals surface area (Å²) in [6.45, 7) is 0.215. The van der Waals surface area contributed by atoms with Crippen molar-refractivity contribution in [2.45, 2.75) is 17.5 Å². The minimum atomic E-state index is -0.386. The largest absolute Gasteiger partial charge is 0.345 e. The van der Waals surface area contributed by atoms with E-state index in [9.17, 15) is 9.18 Å². The molecule has 1 N–H and O–H groups in total. The molecule has 0 aliphatic rings. The number of hydrogen-bond donors (Lipinski definition) is 1. The van der Waals surface area contributed by atoms with Crippen LogP contribution < -0.4 is 5.32 Å². The van der Waals surface area contributed by atoms with E-state index >= 15 is 0 Å². The Morgan fingerprint density at radius 1 is 1.15 bits per heavy atom. The molecule has 0 unspecified atom stereocenters. The molecule has 1 amide bonds. The van der Waals surface area contributed by atoms with Crippen molar-refractivity contribution in [3.63, 3.8) is 0 Å². The van der Waals surface area contributed by atoms with E-state index in [1.54, 1.807) is 6.07 Å². The maximum atomic E-state index is 12.9. The van der Waals surface area contributed by atoms with E-state index in [1.807, 2.05) is 23.7 Å². The maximum absolute atomic E-state index is 12.9. The molecule has 0 radical (unpaired) electrons. The SMILES string of the molecule is Cn1c(CNC(=O)c2ccc(F)cc2)nnc1SCc1ccc(Cl)c(Cl)c1. The molecule has 2 aromatic carbocycles. The van der Waals surface area contributed by atoms with Crippen molar-refractivity contribution in [1.82, 2.24) is 20.1 Å². The topological polar surface area (TPSA) is 59.8 Å².